The van der Waals surface area contributed by atoms with Gasteiger partial charge in [-0.2, -0.15) is 0 Å². The summed E-state index contributed by atoms with van der Waals surface area (Å²) in [4.78, 5) is 0. The Morgan fingerprint density at radius 2 is 2.17 bits per heavy atom. The molecule has 0 radical (unpaired) electrons. The van der Waals surface area contributed by atoms with Crippen LogP contribution in [0.15, 0.2) is 0 Å². The molecule has 1 nitrogen and oxygen atoms in total. The zero-order chi connectivity index (χ0) is 9.19. The first-order chi connectivity index (χ1) is 5.56. The second-order valence-corrected chi connectivity index (χ2v) is 4.99. The molecule has 1 heteroatoms. The summed E-state index contributed by atoms with van der Waals surface area (Å²) in [6, 6.07) is 0.757. The van der Waals surface area contributed by atoms with Crippen molar-refractivity contribution in [2.75, 3.05) is 6.54 Å². The molecule has 1 aliphatic rings. The van der Waals surface area contributed by atoms with E-state index in [0.29, 0.717) is 5.41 Å². The topological polar surface area (TPSA) is 12.0 Å². The van der Waals surface area contributed by atoms with E-state index < -0.39 is 0 Å². The lowest BCUT2D eigenvalue weighted by molar-refractivity contribution is 0.268. The molecule has 0 aliphatic carbocycles. The maximum atomic E-state index is 3.61. The largest absolute Gasteiger partial charge is 0.313 e. The summed E-state index contributed by atoms with van der Waals surface area (Å²) in [5.74, 6) is 0.875. The molecule has 0 aromatic rings. The fourth-order valence-electron chi connectivity index (χ4n) is 1.99. The average molecular weight is 169 g/mol. The van der Waals surface area contributed by atoms with Crippen LogP contribution in [0, 0.1) is 11.3 Å². The standard InChI is InChI=1S/C11H23N/c1-5-9(2)8-10-11(3,4)6-7-12-10/h9-10,12H,5-8H2,1-4H3. The van der Waals surface area contributed by atoms with Gasteiger partial charge in [0.25, 0.3) is 0 Å². The van der Waals surface area contributed by atoms with Crippen LogP contribution in [-0.4, -0.2) is 12.6 Å². The van der Waals surface area contributed by atoms with E-state index in [1.165, 1.54) is 25.8 Å². The molecular formula is C11H23N. The van der Waals surface area contributed by atoms with Crippen molar-refractivity contribution in [2.45, 2.75) is 53.0 Å². The van der Waals surface area contributed by atoms with Gasteiger partial charge in [-0.1, -0.05) is 34.1 Å². The highest BCUT2D eigenvalue weighted by molar-refractivity contribution is 4.91. The summed E-state index contributed by atoms with van der Waals surface area (Å²) in [6.45, 7) is 10.6. The van der Waals surface area contributed by atoms with Crippen LogP contribution in [0.3, 0.4) is 0 Å². The molecule has 0 aromatic heterocycles. The van der Waals surface area contributed by atoms with E-state index in [1.54, 1.807) is 0 Å². The fraction of sp³-hybridized carbons (Fsp3) is 1.00. The Morgan fingerprint density at radius 1 is 1.50 bits per heavy atom. The number of nitrogens with one attached hydrogen (secondary N) is 1. The average Bonchev–Trinajstić information content (AvgIpc) is 2.31. The Bertz CT molecular complexity index is 140. The highest BCUT2D eigenvalue weighted by atomic mass is 15.0. The molecule has 0 bridgehead atoms. The molecule has 0 saturated carbocycles. The fourth-order valence-corrected chi connectivity index (χ4v) is 1.99. The summed E-state index contributed by atoms with van der Waals surface area (Å²) in [5.41, 5.74) is 0.531. The number of hydrogen-bond donors (Lipinski definition) is 1. The third kappa shape index (κ3) is 2.22. The highest BCUT2D eigenvalue weighted by Crippen LogP contribution is 2.33. The van der Waals surface area contributed by atoms with Gasteiger partial charge in [-0.15, -0.1) is 0 Å². The number of rotatable bonds is 3. The second kappa shape index (κ2) is 3.78. The normalized spacial score (nSPS) is 30.5. The van der Waals surface area contributed by atoms with Crippen LogP contribution in [0.25, 0.3) is 0 Å². The van der Waals surface area contributed by atoms with Crippen LogP contribution >= 0.6 is 0 Å². The van der Waals surface area contributed by atoms with Crippen LogP contribution in [-0.2, 0) is 0 Å². The van der Waals surface area contributed by atoms with E-state index in [9.17, 15) is 0 Å². The molecule has 0 amide bonds. The molecule has 1 saturated heterocycles. The molecule has 1 rings (SSSR count). The van der Waals surface area contributed by atoms with Crippen molar-refractivity contribution >= 4 is 0 Å². The third-order valence-corrected chi connectivity index (χ3v) is 3.44. The molecule has 0 aromatic carbocycles. The summed E-state index contributed by atoms with van der Waals surface area (Å²) in [6.07, 6.45) is 4.01. The lowest BCUT2D eigenvalue weighted by atomic mass is 9.80. The molecule has 1 heterocycles. The Hall–Kier alpha value is -0.0400. The zero-order valence-corrected chi connectivity index (χ0v) is 8.98. The Labute approximate surface area is 76.9 Å². The first kappa shape index (κ1) is 10.0. The summed E-state index contributed by atoms with van der Waals surface area (Å²) in [5, 5.41) is 3.61. The van der Waals surface area contributed by atoms with E-state index >= 15 is 0 Å². The van der Waals surface area contributed by atoms with Crippen molar-refractivity contribution in [1.82, 2.24) is 5.32 Å². The van der Waals surface area contributed by atoms with Crippen LogP contribution in [0.4, 0.5) is 0 Å². The Morgan fingerprint density at radius 3 is 2.58 bits per heavy atom. The van der Waals surface area contributed by atoms with Gasteiger partial charge in [-0.3, -0.25) is 0 Å². The van der Waals surface area contributed by atoms with Gasteiger partial charge in [-0.25, -0.2) is 0 Å². The zero-order valence-electron chi connectivity index (χ0n) is 8.98. The summed E-state index contributed by atoms with van der Waals surface area (Å²) in [7, 11) is 0. The summed E-state index contributed by atoms with van der Waals surface area (Å²) >= 11 is 0. The minimum atomic E-state index is 0.531. The predicted octanol–water partition coefficient (Wildman–Crippen LogP) is 2.81. The van der Waals surface area contributed by atoms with Crippen molar-refractivity contribution in [1.29, 1.82) is 0 Å². The molecule has 1 fully saturated rings. The van der Waals surface area contributed by atoms with Gasteiger partial charge >= 0.3 is 0 Å². The van der Waals surface area contributed by atoms with E-state index in [0.717, 1.165) is 12.0 Å². The van der Waals surface area contributed by atoms with Gasteiger partial charge in [0, 0.05) is 6.04 Å². The van der Waals surface area contributed by atoms with Crippen LogP contribution in [0.1, 0.15) is 47.0 Å². The Kier molecular flexibility index (Phi) is 3.16. The smallest absolute Gasteiger partial charge is 0.0121 e. The van der Waals surface area contributed by atoms with Gasteiger partial charge in [0.05, 0.1) is 0 Å². The van der Waals surface area contributed by atoms with E-state index in [1.807, 2.05) is 0 Å². The highest BCUT2D eigenvalue weighted by Gasteiger charge is 2.34. The molecule has 72 valence electrons. The SMILES string of the molecule is CCC(C)CC1NCCC1(C)C. The number of hydrogen-bond acceptors (Lipinski definition) is 1. The van der Waals surface area contributed by atoms with Gasteiger partial charge < -0.3 is 5.32 Å². The first-order valence-electron chi connectivity index (χ1n) is 5.29. The van der Waals surface area contributed by atoms with E-state index in [4.69, 9.17) is 0 Å². The Balaban J connectivity index is 2.41. The monoisotopic (exact) mass is 169 g/mol. The van der Waals surface area contributed by atoms with Crippen LogP contribution in [0.5, 0.6) is 0 Å². The lowest BCUT2D eigenvalue weighted by Crippen LogP contribution is -2.33. The quantitative estimate of drug-likeness (QED) is 0.685. The minimum Gasteiger partial charge on any atom is -0.313 e. The molecule has 1 aliphatic heterocycles. The second-order valence-electron chi connectivity index (χ2n) is 4.99. The van der Waals surface area contributed by atoms with Gasteiger partial charge in [0.1, 0.15) is 0 Å². The maximum Gasteiger partial charge on any atom is 0.0121 e. The lowest BCUT2D eigenvalue weighted by Gasteiger charge is -2.28. The molecule has 1 N–H and O–H groups in total. The van der Waals surface area contributed by atoms with Gasteiger partial charge in [0.2, 0.25) is 0 Å². The molecular weight excluding hydrogens is 146 g/mol. The van der Waals surface area contributed by atoms with Gasteiger partial charge in [-0.05, 0) is 30.7 Å². The van der Waals surface area contributed by atoms with Crippen molar-refractivity contribution < 1.29 is 0 Å². The summed E-state index contributed by atoms with van der Waals surface area (Å²) < 4.78 is 0. The van der Waals surface area contributed by atoms with Crippen LogP contribution < -0.4 is 5.32 Å². The van der Waals surface area contributed by atoms with Crippen molar-refractivity contribution in [3.63, 3.8) is 0 Å². The van der Waals surface area contributed by atoms with E-state index in [-0.39, 0.29) is 0 Å². The maximum absolute atomic E-state index is 3.61. The van der Waals surface area contributed by atoms with Crippen LogP contribution in [0.2, 0.25) is 0 Å². The third-order valence-electron chi connectivity index (χ3n) is 3.44. The van der Waals surface area contributed by atoms with Gasteiger partial charge in [0.15, 0.2) is 0 Å². The molecule has 12 heavy (non-hydrogen) atoms. The molecule has 0 spiro atoms. The minimum absolute atomic E-state index is 0.531. The van der Waals surface area contributed by atoms with Crippen molar-refractivity contribution in [2.24, 2.45) is 11.3 Å². The van der Waals surface area contributed by atoms with Crippen molar-refractivity contribution in [3.05, 3.63) is 0 Å². The predicted molar refractivity (Wildman–Crippen MR) is 54.3 cm³/mol. The first-order valence-corrected chi connectivity index (χ1v) is 5.29. The molecule has 2 unspecified atom stereocenters. The molecule has 2 atom stereocenters. The van der Waals surface area contributed by atoms with E-state index in [2.05, 4.69) is 33.0 Å². The van der Waals surface area contributed by atoms with Crippen molar-refractivity contribution in [3.8, 4) is 0 Å².